The second kappa shape index (κ2) is 6.47. The molecule has 2 N–H and O–H groups in total. The summed E-state index contributed by atoms with van der Waals surface area (Å²) in [4.78, 5) is 16.5. The Morgan fingerprint density at radius 3 is 2.58 bits per heavy atom. The second-order valence-electron chi connectivity index (χ2n) is 5.15. The lowest BCUT2D eigenvalue weighted by Gasteiger charge is -2.22. The molecule has 0 bridgehead atoms. The first-order chi connectivity index (χ1) is 8.82. The van der Waals surface area contributed by atoms with Gasteiger partial charge in [-0.3, -0.25) is 10.1 Å². The largest absolute Gasteiger partial charge is 0.360 e. The molecule has 1 rings (SSSR count). The van der Waals surface area contributed by atoms with Crippen LogP contribution < -0.4 is 10.6 Å². The summed E-state index contributed by atoms with van der Waals surface area (Å²) in [6.07, 6.45) is 0.867. The van der Waals surface area contributed by atoms with E-state index in [1.165, 1.54) is 6.07 Å². The molecule has 1 aromatic heterocycles. The van der Waals surface area contributed by atoms with E-state index in [1.807, 2.05) is 11.9 Å². The summed E-state index contributed by atoms with van der Waals surface area (Å²) in [5, 5.41) is 10.7. The number of hydrogen-bond donors (Lipinski definition) is 1. The van der Waals surface area contributed by atoms with E-state index < -0.39 is 4.92 Å². The Morgan fingerprint density at radius 1 is 1.47 bits per heavy atom. The smallest absolute Gasteiger partial charge is 0.290 e. The maximum absolute atomic E-state index is 10.7. The molecular weight excluding hydrogens is 244 g/mol. The van der Waals surface area contributed by atoms with Crippen molar-refractivity contribution in [2.45, 2.75) is 33.2 Å². The molecule has 0 aliphatic carbocycles. The molecule has 1 unspecified atom stereocenters. The van der Waals surface area contributed by atoms with Gasteiger partial charge in [-0.05, 0) is 25.3 Å². The summed E-state index contributed by atoms with van der Waals surface area (Å²) in [5.74, 6) is 1.18. The van der Waals surface area contributed by atoms with E-state index in [4.69, 9.17) is 5.73 Å². The summed E-state index contributed by atoms with van der Waals surface area (Å²) >= 11 is 0. The van der Waals surface area contributed by atoms with Gasteiger partial charge in [0.2, 0.25) is 0 Å². The van der Waals surface area contributed by atoms with Crippen LogP contribution in [0.15, 0.2) is 12.1 Å². The molecule has 1 heterocycles. The molecule has 0 aromatic carbocycles. The van der Waals surface area contributed by atoms with E-state index >= 15 is 0 Å². The van der Waals surface area contributed by atoms with Crippen LogP contribution in [0.2, 0.25) is 0 Å². The van der Waals surface area contributed by atoms with Crippen molar-refractivity contribution in [1.29, 1.82) is 0 Å². The van der Waals surface area contributed by atoms with Gasteiger partial charge in [-0.25, -0.2) is 4.98 Å². The van der Waals surface area contributed by atoms with Crippen molar-refractivity contribution in [2.75, 3.05) is 18.5 Å². The van der Waals surface area contributed by atoms with Gasteiger partial charge in [-0.1, -0.05) is 13.8 Å². The van der Waals surface area contributed by atoms with Crippen LogP contribution in [-0.4, -0.2) is 29.5 Å². The van der Waals surface area contributed by atoms with Crippen molar-refractivity contribution in [3.8, 4) is 0 Å². The molecule has 0 saturated heterocycles. The van der Waals surface area contributed by atoms with Crippen molar-refractivity contribution in [3.05, 3.63) is 27.9 Å². The van der Waals surface area contributed by atoms with E-state index in [2.05, 4.69) is 18.8 Å². The van der Waals surface area contributed by atoms with E-state index in [9.17, 15) is 10.1 Å². The van der Waals surface area contributed by atoms with Crippen molar-refractivity contribution < 1.29 is 4.92 Å². The lowest BCUT2D eigenvalue weighted by molar-refractivity contribution is -0.385. The zero-order chi connectivity index (χ0) is 14.6. The molecule has 0 radical (unpaired) electrons. The molecule has 0 aliphatic heterocycles. The van der Waals surface area contributed by atoms with Gasteiger partial charge in [0.25, 0.3) is 5.69 Å². The number of nitrogens with zero attached hydrogens (tertiary/aromatic N) is 3. The number of nitrogens with two attached hydrogens (primary N) is 1. The summed E-state index contributed by atoms with van der Waals surface area (Å²) < 4.78 is 0. The lowest BCUT2D eigenvalue weighted by atomic mass is 10.0. The first-order valence-electron chi connectivity index (χ1n) is 6.41. The van der Waals surface area contributed by atoms with E-state index in [1.54, 1.807) is 13.0 Å². The summed E-state index contributed by atoms with van der Waals surface area (Å²) in [6, 6.07) is 3.32. The van der Waals surface area contributed by atoms with Gasteiger partial charge in [0.05, 0.1) is 4.92 Å². The number of hydrogen-bond acceptors (Lipinski definition) is 5. The number of aromatic nitrogens is 1. The Kier molecular flexibility index (Phi) is 5.23. The zero-order valence-electron chi connectivity index (χ0n) is 12.0. The highest BCUT2D eigenvalue weighted by Crippen LogP contribution is 2.20. The highest BCUT2D eigenvalue weighted by molar-refractivity contribution is 5.46. The maximum Gasteiger partial charge on any atom is 0.290 e. The van der Waals surface area contributed by atoms with Gasteiger partial charge in [0.15, 0.2) is 0 Å². The van der Waals surface area contributed by atoms with E-state index in [0.717, 1.165) is 18.8 Å². The number of rotatable bonds is 6. The van der Waals surface area contributed by atoms with Crippen molar-refractivity contribution >= 4 is 11.5 Å². The summed E-state index contributed by atoms with van der Waals surface area (Å²) in [5.41, 5.74) is 6.48. The molecule has 1 aromatic rings. The highest BCUT2D eigenvalue weighted by Gasteiger charge is 2.14. The van der Waals surface area contributed by atoms with Crippen LogP contribution in [-0.2, 0) is 0 Å². The van der Waals surface area contributed by atoms with Crippen molar-refractivity contribution in [3.63, 3.8) is 0 Å². The molecule has 0 spiro atoms. The third kappa shape index (κ3) is 4.17. The van der Waals surface area contributed by atoms with Crippen LogP contribution in [0.1, 0.15) is 26.0 Å². The molecule has 0 saturated carbocycles. The fraction of sp³-hybridized carbons (Fsp3) is 0.615. The van der Waals surface area contributed by atoms with Gasteiger partial charge in [-0.2, -0.15) is 0 Å². The molecular formula is C13H22N4O2. The SMILES string of the molecule is Cc1nc(N(C)CCC(N)C(C)C)ccc1[N+](=O)[O-]. The number of nitro groups is 1. The van der Waals surface area contributed by atoms with Crippen LogP contribution in [0.5, 0.6) is 0 Å². The fourth-order valence-electron chi connectivity index (χ4n) is 1.74. The predicted molar refractivity (Wildman–Crippen MR) is 76.3 cm³/mol. The van der Waals surface area contributed by atoms with Crippen LogP contribution in [0.25, 0.3) is 0 Å². The van der Waals surface area contributed by atoms with E-state index in [0.29, 0.717) is 11.6 Å². The van der Waals surface area contributed by atoms with Crippen LogP contribution in [0.3, 0.4) is 0 Å². The molecule has 6 nitrogen and oxygen atoms in total. The molecule has 0 amide bonds. The minimum atomic E-state index is -0.416. The Hall–Kier alpha value is -1.69. The van der Waals surface area contributed by atoms with Crippen molar-refractivity contribution in [2.24, 2.45) is 11.7 Å². The fourth-order valence-corrected chi connectivity index (χ4v) is 1.74. The van der Waals surface area contributed by atoms with Gasteiger partial charge < -0.3 is 10.6 Å². The summed E-state index contributed by atoms with van der Waals surface area (Å²) in [6.45, 7) is 6.62. The second-order valence-corrected chi connectivity index (χ2v) is 5.15. The molecule has 106 valence electrons. The topological polar surface area (TPSA) is 85.3 Å². The average Bonchev–Trinajstić information content (AvgIpc) is 2.34. The monoisotopic (exact) mass is 266 g/mol. The Bertz CT molecular complexity index is 448. The van der Waals surface area contributed by atoms with Gasteiger partial charge in [0, 0.05) is 25.7 Å². The minimum absolute atomic E-state index is 0.0519. The third-order valence-electron chi connectivity index (χ3n) is 3.29. The Morgan fingerprint density at radius 2 is 2.11 bits per heavy atom. The predicted octanol–water partition coefficient (Wildman–Crippen LogP) is 2.11. The molecule has 19 heavy (non-hydrogen) atoms. The van der Waals surface area contributed by atoms with Gasteiger partial charge in [0.1, 0.15) is 11.5 Å². The standard InChI is InChI=1S/C13H22N4O2/c1-9(2)11(14)7-8-16(4)13-6-5-12(17(18)19)10(3)15-13/h5-6,9,11H,7-8,14H2,1-4H3. The van der Waals surface area contributed by atoms with Gasteiger partial charge >= 0.3 is 0 Å². The quantitative estimate of drug-likeness (QED) is 0.629. The van der Waals surface area contributed by atoms with Gasteiger partial charge in [-0.15, -0.1) is 0 Å². The van der Waals surface area contributed by atoms with Crippen LogP contribution >= 0.6 is 0 Å². The molecule has 1 atom stereocenters. The summed E-state index contributed by atoms with van der Waals surface area (Å²) in [7, 11) is 1.92. The minimum Gasteiger partial charge on any atom is -0.360 e. The Balaban J connectivity index is 2.70. The first-order valence-corrected chi connectivity index (χ1v) is 6.41. The first kappa shape index (κ1) is 15.4. The number of aryl methyl sites for hydroxylation is 1. The molecule has 6 heteroatoms. The van der Waals surface area contributed by atoms with Crippen LogP contribution in [0.4, 0.5) is 11.5 Å². The van der Waals surface area contributed by atoms with E-state index in [-0.39, 0.29) is 11.7 Å². The van der Waals surface area contributed by atoms with Crippen molar-refractivity contribution in [1.82, 2.24) is 4.98 Å². The third-order valence-corrected chi connectivity index (χ3v) is 3.29. The average molecular weight is 266 g/mol. The highest BCUT2D eigenvalue weighted by atomic mass is 16.6. The maximum atomic E-state index is 10.7. The lowest BCUT2D eigenvalue weighted by Crippen LogP contribution is -2.32. The van der Waals surface area contributed by atoms with Crippen LogP contribution in [0, 0.1) is 23.0 Å². The molecule has 0 aliphatic rings. The number of anilines is 1. The Labute approximate surface area is 113 Å². The normalized spacial score (nSPS) is 12.5. The molecule has 0 fully saturated rings. The number of pyridine rings is 1. The zero-order valence-corrected chi connectivity index (χ0v) is 12.0.